The van der Waals surface area contributed by atoms with E-state index in [9.17, 15) is 8.42 Å². The SMILES string of the molecule is CCc1ccc(CN)cc1S(=O)(=O)N1CCSCC1C. The Morgan fingerprint density at radius 2 is 2.20 bits per heavy atom. The fraction of sp³-hybridized carbons (Fsp3) is 0.571. The molecule has 20 heavy (non-hydrogen) atoms. The standard InChI is InChI=1S/C14H22N2O2S2/c1-3-13-5-4-12(9-15)8-14(13)20(17,18)16-6-7-19-10-11(16)2/h4-5,8,11H,3,6-7,9-10,15H2,1-2H3. The van der Waals surface area contributed by atoms with E-state index in [1.807, 2.05) is 37.7 Å². The van der Waals surface area contributed by atoms with Crippen LogP contribution in [0, 0.1) is 0 Å². The normalized spacial score (nSPS) is 21.1. The summed E-state index contributed by atoms with van der Waals surface area (Å²) >= 11 is 1.81. The minimum absolute atomic E-state index is 0.0463. The summed E-state index contributed by atoms with van der Waals surface area (Å²) in [4.78, 5) is 0.432. The molecule has 1 heterocycles. The average molecular weight is 314 g/mol. The Morgan fingerprint density at radius 1 is 1.45 bits per heavy atom. The van der Waals surface area contributed by atoms with Crippen molar-refractivity contribution >= 4 is 21.8 Å². The first-order valence-corrected chi connectivity index (χ1v) is 9.51. The minimum Gasteiger partial charge on any atom is -0.326 e. The maximum atomic E-state index is 12.9. The molecule has 1 aromatic carbocycles. The maximum Gasteiger partial charge on any atom is 0.243 e. The molecule has 6 heteroatoms. The van der Waals surface area contributed by atoms with Gasteiger partial charge in [-0.1, -0.05) is 19.1 Å². The monoisotopic (exact) mass is 314 g/mol. The molecular formula is C14H22N2O2S2. The summed E-state index contributed by atoms with van der Waals surface area (Å²) < 4.78 is 27.5. The highest BCUT2D eigenvalue weighted by atomic mass is 32.2. The number of nitrogens with zero attached hydrogens (tertiary/aromatic N) is 1. The van der Waals surface area contributed by atoms with E-state index in [0.29, 0.717) is 24.4 Å². The van der Waals surface area contributed by atoms with Gasteiger partial charge in [0.2, 0.25) is 10.0 Å². The van der Waals surface area contributed by atoms with E-state index in [0.717, 1.165) is 22.6 Å². The lowest BCUT2D eigenvalue weighted by Gasteiger charge is -2.32. The van der Waals surface area contributed by atoms with Crippen LogP contribution in [-0.2, 0) is 23.0 Å². The zero-order chi connectivity index (χ0) is 14.8. The van der Waals surface area contributed by atoms with Gasteiger partial charge in [-0.2, -0.15) is 16.1 Å². The van der Waals surface area contributed by atoms with Crippen molar-refractivity contribution in [3.8, 4) is 0 Å². The molecule has 1 saturated heterocycles. The van der Waals surface area contributed by atoms with Gasteiger partial charge in [0, 0.05) is 30.6 Å². The Balaban J connectivity index is 2.47. The first-order valence-electron chi connectivity index (χ1n) is 6.92. The van der Waals surface area contributed by atoms with Gasteiger partial charge < -0.3 is 5.73 Å². The van der Waals surface area contributed by atoms with Crippen LogP contribution < -0.4 is 5.73 Å². The van der Waals surface area contributed by atoms with Gasteiger partial charge in [-0.25, -0.2) is 8.42 Å². The fourth-order valence-corrected chi connectivity index (χ4v) is 5.65. The van der Waals surface area contributed by atoms with Crippen molar-refractivity contribution in [1.82, 2.24) is 4.31 Å². The van der Waals surface area contributed by atoms with Crippen molar-refractivity contribution in [1.29, 1.82) is 0 Å². The minimum atomic E-state index is -3.42. The number of aryl methyl sites for hydroxylation is 1. The van der Waals surface area contributed by atoms with Crippen LogP contribution >= 0.6 is 11.8 Å². The van der Waals surface area contributed by atoms with E-state index >= 15 is 0 Å². The van der Waals surface area contributed by atoms with E-state index < -0.39 is 10.0 Å². The van der Waals surface area contributed by atoms with Crippen molar-refractivity contribution in [2.75, 3.05) is 18.1 Å². The van der Waals surface area contributed by atoms with Gasteiger partial charge in [-0.05, 0) is 30.5 Å². The summed E-state index contributed by atoms with van der Waals surface area (Å²) in [5, 5.41) is 0. The van der Waals surface area contributed by atoms with Gasteiger partial charge in [-0.3, -0.25) is 0 Å². The zero-order valence-electron chi connectivity index (χ0n) is 12.0. The van der Waals surface area contributed by atoms with Crippen LogP contribution in [0.2, 0.25) is 0 Å². The summed E-state index contributed by atoms with van der Waals surface area (Å²) in [6, 6.07) is 5.58. The van der Waals surface area contributed by atoms with E-state index in [1.165, 1.54) is 0 Å². The van der Waals surface area contributed by atoms with E-state index in [1.54, 1.807) is 10.4 Å². The van der Waals surface area contributed by atoms with Crippen LogP contribution in [0.3, 0.4) is 0 Å². The summed E-state index contributed by atoms with van der Waals surface area (Å²) in [5.41, 5.74) is 7.38. The number of hydrogen-bond acceptors (Lipinski definition) is 4. The molecule has 4 nitrogen and oxygen atoms in total. The van der Waals surface area contributed by atoms with Crippen molar-refractivity contribution in [2.24, 2.45) is 5.73 Å². The summed E-state index contributed by atoms with van der Waals surface area (Å²) in [6.07, 6.45) is 0.705. The molecule has 0 amide bonds. The lowest BCUT2D eigenvalue weighted by Crippen LogP contribution is -2.44. The highest BCUT2D eigenvalue weighted by molar-refractivity contribution is 7.99. The maximum absolute atomic E-state index is 12.9. The largest absolute Gasteiger partial charge is 0.326 e. The van der Waals surface area contributed by atoms with Gasteiger partial charge in [0.1, 0.15) is 0 Å². The molecule has 2 rings (SSSR count). The summed E-state index contributed by atoms with van der Waals surface area (Å²) in [5.74, 6) is 1.72. The Bertz CT molecular complexity index is 573. The molecule has 1 aliphatic heterocycles. The van der Waals surface area contributed by atoms with Gasteiger partial charge in [0.05, 0.1) is 4.90 Å². The first-order chi connectivity index (χ1) is 9.50. The molecule has 0 aliphatic carbocycles. The van der Waals surface area contributed by atoms with Crippen LogP contribution in [0.25, 0.3) is 0 Å². The van der Waals surface area contributed by atoms with Crippen molar-refractivity contribution < 1.29 is 8.42 Å². The van der Waals surface area contributed by atoms with Gasteiger partial charge in [0.15, 0.2) is 0 Å². The number of nitrogens with two attached hydrogens (primary N) is 1. The van der Waals surface area contributed by atoms with Crippen LogP contribution in [-0.4, -0.2) is 36.8 Å². The van der Waals surface area contributed by atoms with Crippen molar-refractivity contribution in [3.63, 3.8) is 0 Å². The molecule has 1 aliphatic rings. The smallest absolute Gasteiger partial charge is 0.243 e. The lowest BCUT2D eigenvalue weighted by atomic mass is 10.1. The Kier molecular flexibility index (Phi) is 5.12. The first kappa shape index (κ1) is 15.8. The van der Waals surface area contributed by atoms with Crippen LogP contribution in [0.15, 0.2) is 23.1 Å². The van der Waals surface area contributed by atoms with Crippen LogP contribution in [0.5, 0.6) is 0 Å². The Morgan fingerprint density at radius 3 is 2.80 bits per heavy atom. The third-order valence-corrected chi connectivity index (χ3v) is 6.93. The van der Waals surface area contributed by atoms with Crippen molar-refractivity contribution in [2.45, 2.75) is 37.8 Å². The van der Waals surface area contributed by atoms with Crippen LogP contribution in [0.1, 0.15) is 25.0 Å². The summed E-state index contributed by atoms with van der Waals surface area (Å²) in [6.45, 7) is 4.90. The average Bonchev–Trinajstić information content (AvgIpc) is 2.46. The third kappa shape index (κ3) is 3.03. The number of rotatable bonds is 4. The van der Waals surface area contributed by atoms with E-state index in [2.05, 4.69) is 0 Å². The Hall–Kier alpha value is -0.560. The second kappa shape index (κ2) is 6.47. The zero-order valence-corrected chi connectivity index (χ0v) is 13.6. The molecule has 0 spiro atoms. The van der Waals surface area contributed by atoms with Crippen molar-refractivity contribution in [3.05, 3.63) is 29.3 Å². The Labute approximate surface area is 125 Å². The highest BCUT2D eigenvalue weighted by Crippen LogP contribution is 2.27. The number of hydrogen-bond donors (Lipinski definition) is 1. The summed E-state index contributed by atoms with van der Waals surface area (Å²) in [7, 11) is -3.42. The lowest BCUT2D eigenvalue weighted by molar-refractivity contribution is 0.367. The fourth-order valence-electron chi connectivity index (χ4n) is 2.45. The molecular weight excluding hydrogens is 292 g/mol. The number of sulfonamides is 1. The second-order valence-electron chi connectivity index (χ2n) is 5.04. The van der Waals surface area contributed by atoms with Crippen LogP contribution in [0.4, 0.5) is 0 Å². The molecule has 1 atom stereocenters. The quantitative estimate of drug-likeness (QED) is 0.921. The molecule has 1 unspecified atom stereocenters. The molecule has 0 radical (unpaired) electrons. The third-order valence-electron chi connectivity index (χ3n) is 3.64. The molecule has 112 valence electrons. The predicted octanol–water partition coefficient (Wildman–Crippen LogP) is 1.83. The van der Waals surface area contributed by atoms with Gasteiger partial charge >= 0.3 is 0 Å². The number of benzene rings is 1. The highest BCUT2D eigenvalue weighted by Gasteiger charge is 2.32. The molecule has 0 bridgehead atoms. The van der Waals surface area contributed by atoms with Gasteiger partial charge in [-0.15, -0.1) is 0 Å². The molecule has 1 aromatic rings. The molecule has 2 N–H and O–H groups in total. The number of thioether (sulfide) groups is 1. The van der Waals surface area contributed by atoms with Gasteiger partial charge in [0.25, 0.3) is 0 Å². The molecule has 0 aromatic heterocycles. The molecule has 0 saturated carbocycles. The van der Waals surface area contributed by atoms with E-state index in [4.69, 9.17) is 5.73 Å². The molecule has 1 fully saturated rings. The topological polar surface area (TPSA) is 63.4 Å². The predicted molar refractivity (Wildman–Crippen MR) is 84.4 cm³/mol. The second-order valence-corrected chi connectivity index (χ2v) is 8.05. The van der Waals surface area contributed by atoms with E-state index in [-0.39, 0.29) is 6.04 Å².